The molecule has 14 N–H and O–H groups in total. The maximum Gasteiger partial charge on any atom is 0.471 e. The SMILES string of the molecule is C=CCNC(=O)C(F)(F)F.Nc1ccn([C@@H]2O[C@H](CO)C(O)[C@@H]2F)c(=O)n1.Nc1nc(=O)n([C@@H]2O[C@H](CO)C(O)[C@@H]2F)cc1/C=C/CNC(=O)C(F)(F)F.Nc1nc(=O)n([C@@H]2O[C@H](CO)C(O)[C@@H]2F)cc1I. The Morgan fingerprint density at radius 1 is 0.681 bits per heavy atom. The van der Waals surface area contributed by atoms with E-state index in [9.17, 15) is 78.8 Å². The number of halogens is 10. The Hall–Kier alpha value is -5.80. The second-order valence-electron chi connectivity index (χ2n) is 14.6. The van der Waals surface area contributed by atoms with E-state index in [0.717, 1.165) is 27.5 Å². The van der Waals surface area contributed by atoms with Crippen molar-refractivity contribution in [2.45, 2.75) is 86.2 Å². The van der Waals surface area contributed by atoms with Gasteiger partial charge in [-0.3, -0.25) is 23.3 Å². The van der Waals surface area contributed by atoms with E-state index >= 15 is 0 Å². The molecule has 3 saturated heterocycles. The van der Waals surface area contributed by atoms with Crippen molar-refractivity contribution in [3.05, 3.63) is 84.0 Å². The fourth-order valence-corrected chi connectivity index (χ4v) is 6.43. The molecule has 35 heteroatoms. The van der Waals surface area contributed by atoms with E-state index in [0.29, 0.717) is 8.14 Å². The number of anilines is 3. The lowest BCUT2D eigenvalue weighted by Gasteiger charge is -2.16. The first-order valence-electron chi connectivity index (χ1n) is 20.0. The normalized spacial score (nSPS) is 26.9. The zero-order valence-electron chi connectivity index (χ0n) is 36.4. The van der Waals surface area contributed by atoms with Crippen LogP contribution in [0.1, 0.15) is 24.2 Å². The number of ether oxygens (including phenoxy) is 3. The number of rotatable bonds is 11. The van der Waals surface area contributed by atoms with Gasteiger partial charge in [-0.05, 0) is 28.7 Å². The minimum atomic E-state index is -5.03. The van der Waals surface area contributed by atoms with E-state index in [1.807, 2.05) is 22.6 Å². The molecule has 3 aliphatic heterocycles. The van der Waals surface area contributed by atoms with E-state index in [2.05, 4.69) is 21.5 Å². The van der Waals surface area contributed by atoms with Crippen molar-refractivity contribution in [2.24, 2.45) is 0 Å². The largest absolute Gasteiger partial charge is 0.471 e. The van der Waals surface area contributed by atoms with Crippen LogP contribution in [0.2, 0.25) is 0 Å². The van der Waals surface area contributed by atoms with Crippen molar-refractivity contribution in [3.8, 4) is 0 Å². The predicted molar refractivity (Wildman–Crippen MR) is 235 cm³/mol. The molecule has 0 bridgehead atoms. The van der Waals surface area contributed by atoms with Gasteiger partial charge in [0, 0.05) is 37.2 Å². The lowest BCUT2D eigenvalue weighted by molar-refractivity contribution is -0.173. The molecule has 72 heavy (non-hydrogen) atoms. The number of nitrogens with one attached hydrogen (secondary N) is 2. The van der Waals surface area contributed by atoms with Gasteiger partial charge in [-0.15, -0.1) is 6.58 Å². The van der Waals surface area contributed by atoms with E-state index in [4.69, 9.17) is 46.7 Å². The number of aliphatic hydroxyl groups excluding tert-OH is 6. The molecule has 12 atom stereocenters. The fraction of sp³-hybridized carbons (Fsp3) is 0.514. The van der Waals surface area contributed by atoms with Gasteiger partial charge >= 0.3 is 41.2 Å². The van der Waals surface area contributed by atoms with Gasteiger partial charge in [0.1, 0.15) is 54.1 Å². The molecule has 0 saturated carbocycles. The summed E-state index contributed by atoms with van der Waals surface area (Å²) in [6.45, 7) is 0.725. The molecule has 3 aromatic heterocycles. The minimum Gasteiger partial charge on any atom is -0.394 e. The van der Waals surface area contributed by atoms with Gasteiger partial charge < -0.3 is 72.7 Å². The molecule has 3 fully saturated rings. The minimum absolute atomic E-state index is 0.0129. The molecule has 25 nitrogen and oxygen atoms in total. The Kier molecular flexibility index (Phi) is 22.0. The number of carbonyl (C=O) groups excluding carboxylic acids is 2. The van der Waals surface area contributed by atoms with E-state index < -0.39 is 141 Å². The zero-order valence-corrected chi connectivity index (χ0v) is 38.5. The van der Waals surface area contributed by atoms with E-state index in [1.165, 1.54) is 24.5 Å². The Morgan fingerprint density at radius 3 is 1.46 bits per heavy atom. The molecule has 3 aliphatic rings. The summed E-state index contributed by atoms with van der Waals surface area (Å²) in [6, 6.07) is 1.32. The van der Waals surface area contributed by atoms with Crippen LogP contribution in [-0.2, 0) is 23.8 Å². The molecule has 3 aromatic rings. The van der Waals surface area contributed by atoms with Crippen molar-refractivity contribution in [2.75, 3.05) is 50.1 Å². The van der Waals surface area contributed by atoms with Crippen LogP contribution in [0.25, 0.3) is 6.08 Å². The van der Waals surface area contributed by atoms with Crippen LogP contribution in [0, 0.1) is 3.57 Å². The van der Waals surface area contributed by atoms with Gasteiger partial charge in [0.05, 0.1) is 23.4 Å². The number of hydrogen-bond donors (Lipinski definition) is 11. The third-order valence-electron chi connectivity index (χ3n) is 9.64. The number of nitrogen functional groups attached to an aromatic ring is 3. The molecule has 0 aliphatic carbocycles. The summed E-state index contributed by atoms with van der Waals surface area (Å²) in [5, 5.41) is 58.5. The number of alkyl halides is 9. The molecule has 402 valence electrons. The van der Waals surface area contributed by atoms with Crippen LogP contribution in [0.15, 0.2) is 57.8 Å². The molecule has 0 radical (unpaired) electrons. The van der Waals surface area contributed by atoms with Gasteiger partial charge in [-0.1, -0.05) is 18.2 Å². The quantitative estimate of drug-likeness (QED) is 0.0532. The summed E-state index contributed by atoms with van der Waals surface area (Å²) in [5.74, 6) is -4.30. The molecule has 6 rings (SSSR count). The molecule has 0 aromatic carbocycles. The lowest BCUT2D eigenvalue weighted by Crippen LogP contribution is -2.36. The number of nitrogens with two attached hydrogens (primary N) is 3. The van der Waals surface area contributed by atoms with Gasteiger partial charge in [0.25, 0.3) is 0 Å². The fourth-order valence-electron chi connectivity index (χ4n) is 6.00. The third-order valence-corrected chi connectivity index (χ3v) is 10.5. The number of hydrogen-bond acceptors (Lipinski definition) is 20. The second kappa shape index (κ2) is 26.2. The van der Waals surface area contributed by atoms with Gasteiger partial charge in [-0.25, -0.2) is 27.6 Å². The first kappa shape index (κ1) is 60.5. The van der Waals surface area contributed by atoms with Crippen molar-refractivity contribution < 1.29 is 94.0 Å². The van der Waals surface area contributed by atoms with Crippen molar-refractivity contribution in [1.29, 1.82) is 0 Å². The molecular formula is C37H45F9IN11O14. The Bertz CT molecular complexity index is 2540. The maximum absolute atomic E-state index is 14.1. The molecule has 2 amide bonds. The first-order chi connectivity index (χ1) is 33.5. The van der Waals surface area contributed by atoms with Gasteiger partial charge in [0.15, 0.2) is 37.2 Å². The highest BCUT2D eigenvalue weighted by Crippen LogP contribution is 2.33. The number of carbonyl (C=O) groups is 2. The highest BCUT2D eigenvalue weighted by atomic mass is 127. The van der Waals surface area contributed by atoms with Crippen LogP contribution >= 0.6 is 22.6 Å². The third kappa shape index (κ3) is 15.6. The summed E-state index contributed by atoms with van der Waals surface area (Å²) in [6.07, 6.45) is -20.6. The van der Waals surface area contributed by atoms with Gasteiger partial charge in [-0.2, -0.15) is 41.3 Å². The Balaban J connectivity index is 0.000000268. The summed E-state index contributed by atoms with van der Waals surface area (Å²) >= 11 is 1.84. The first-order valence-corrected chi connectivity index (χ1v) is 21.1. The highest BCUT2D eigenvalue weighted by molar-refractivity contribution is 14.1. The topological polar surface area (TPSA) is 390 Å². The van der Waals surface area contributed by atoms with Crippen LogP contribution in [0.4, 0.5) is 57.0 Å². The summed E-state index contributed by atoms with van der Waals surface area (Å²) in [5.41, 5.74) is 13.8. The average molecular weight is 1170 g/mol. The average Bonchev–Trinajstić information content (AvgIpc) is 3.88. The summed E-state index contributed by atoms with van der Waals surface area (Å²) in [7, 11) is 0. The Morgan fingerprint density at radius 2 is 1.07 bits per heavy atom. The predicted octanol–water partition coefficient (Wildman–Crippen LogP) is -2.61. The van der Waals surface area contributed by atoms with Crippen molar-refractivity contribution >= 4 is 57.9 Å². The number of amides is 2. The number of aromatic nitrogens is 6. The smallest absolute Gasteiger partial charge is 0.394 e. The standard InChI is InChI=1S/C14H16F4N4O5.C9H11FIN3O4.C9H12FN3O4.C5H6F3NO/c15-8-9(24)7(5-23)27-11(8)22-4-6(10(19)21-13(22)26)2-1-3-20-12(25)14(16,17)18;10-5-6(16)4(2-15)18-8(5)14-1-3(11)7(12)13-9(14)17;10-6-7(15)4(3-14)17-8(6)13-2-1-5(11)12-9(13)16;1-2-3-9-4(10)5(6,7)8/h1-2,4,7-9,11,23-24H,3,5H2,(H,20,25)(H2,19,21,26);1,4-6,8,15-16H,2H2,(H2,12,13,17);1-2,4,6-8,14-15H,3H2,(H2,11,12,16);2H,1,3H2,(H,9,10)/b2-1+;;;/t7-,8+,9?,11-;4-,5+,6?,8-;4-,6+,7?,8-;/m111./s1. The van der Waals surface area contributed by atoms with E-state index in [1.54, 1.807) is 10.6 Å². The van der Waals surface area contributed by atoms with Crippen LogP contribution in [0.5, 0.6) is 0 Å². The Labute approximate surface area is 410 Å². The van der Waals surface area contributed by atoms with E-state index in [-0.39, 0.29) is 29.6 Å². The molecular weight excluding hydrogens is 1120 g/mol. The highest BCUT2D eigenvalue weighted by Gasteiger charge is 2.47. The second-order valence-corrected chi connectivity index (χ2v) is 15.8. The molecule has 6 heterocycles. The number of nitrogens with zero attached hydrogens (tertiary/aromatic N) is 6. The summed E-state index contributed by atoms with van der Waals surface area (Å²) < 4.78 is 130. The van der Waals surface area contributed by atoms with Crippen molar-refractivity contribution in [3.63, 3.8) is 0 Å². The van der Waals surface area contributed by atoms with Crippen LogP contribution in [-0.4, -0.2) is 172 Å². The molecule has 0 spiro atoms. The maximum atomic E-state index is 14.1. The van der Waals surface area contributed by atoms with Crippen LogP contribution in [0.3, 0.4) is 0 Å². The van der Waals surface area contributed by atoms with Crippen LogP contribution < -0.4 is 44.9 Å². The zero-order chi connectivity index (χ0) is 54.6. The monoisotopic (exact) mass is 1170 g/mol. The van der Waals surface area contributed by atoms with Crippen molar-refractivity contribution in [1.82, 2.24) is 39.3 Å². The summed E-state index contributed by atoms with van der Waals surface area (Å²) in [4.78, 5) is 66.0. The number of aliphatic hydroxyl groups is 6. The van der Waals surface area contributed by atoms with Gasteiger partial charge in [0.2, 0.25) is 0 Å². The molecule has 3 unspecified atom stereocenters. The lowest BCUT2D eigenvalue weighted by atomic mass is 10.1.